The molecule has 2 aromatic rings. The molecule has 0 spiro atoms. The lowest BCUT2D eigenvalue weighted by atomic mass is 9.85. The SMILES string of the molecule is C#C/C(C)=C(/C)c1cc(O)cc(Cc2cccc(C(C)(C)C)c2)c1. The number of hydrogen-bond acceptors (Lipinski definition) is 1. The molecule has 0 aliphatic rings. The highest BCUT2D eigenvalue weighted by Crippen LogP contribution is 2.27. The predicted molar refractivity (Wildman–Crippen MR) is 103 cm³/mol. The van der Waals surface area contributed by atoms with Crippen LogP contribution in [0.3, 0.4) is 0 Å². The lowest BCUT2D eigenvalue weighted by Crippen LogP contribution is -2.11. The van der Waals surface area contributed by atoms with Crippen molar-refractivity contribution in [3.63, 3.8) is 0 Å². The van der Waals surface area contributed by atoms with Crippen LogP contribution in [0, 0.1) is 12.3 Å². The van der Waals surface area contributed by atoms with E-state index in [0.717, 1.165) is 28.7 Å². The summed E-state index contributed by atoms with van der Waals surface area (Å²) in [5.74, 6) is 2.95. The van der Waals surface area contributed by atoms with Gasteiger partial charge in [-0.15, -0.1) is 6.42 Å². The van der Waals surface area contributed by atoms with Crippen LogP contribution < -0.4 is 0 Å². The molecule has 0 saturated heterocycles. The zero-order valence-corrected chi connectivity index (χ0v) is 15.3. The van der Waals surface area contributed by atoms with Crippen LogP contribution in [0.25, 0.3) is 5.57 Å². The lowest BCUT2D eigenvalue weighted by Gasteiger charge is -2.20. The third kappa shape index (κ3) is 4.30. The van der Waals surface area contributed by atoms with E-state index in [1.165, 1.54) is 11.1 Å². The number of hydrogen-bond donors (Lipinski definition) is 1. The fraction of sp³-hybridized carbons (Fsp3) is 0.304. The molecule has 0 aliphatic heterocycles. The van der Waals surface area contributed by atoms with E-state index in [9.17, 15) is 5.11 Å². The van der Waals surface area contributed by atoms with Crippen molar-refractivity contribution in [3.8, 4) is 18.1 Å². The van der Waals surface area contributed by atoms with Crippen LogP contribution in [-0.2, 0) is 11.8 Å². The van der Waals surface area contributed by atoms with Gasteiger partial charge in [0.05, 0.1) is 0 Å². The van der Waals surface area contributed by atoms with Gasteiger partial charge >= 0.3 is 0 Å². The summed E-state index contributed by atoms with van der Waals surface area (Å²) in [5, 5.41) is 10.1. The summed E-state index contributed by atoms with van der Waals surface area (Å²) in [6, 6.07) is 14.4. The molecule has 124 valence electrons. The number of allylic oxidation sites excluding steroid dienone is 2. The van der Waals surface area contributed by atoms with Gasteiger partial charge in [-0.3, -0.25) is 0 Å². The number of aromatic hydroxyl groups is 1. The maximum Gasteiger partial charge on any atom is 0.116 e. The first-order valence-electron chi connectivity index (χ1n) is 8.27. The van der Waals surface area contributed by atoms with E-state index in [0.29, 0.717) is 0 Å². The zero-order chi connectivity index (χ0) is 17.9. The number of terminal acetylenes is 1. The summed E-state index contributed by atoms with van der Waals surface area (Å²) in [5.41, 5.74) is 6.67. The van der Waals surface area contributed by atoms with Crippen molar-refractivity contribution in [2.45, 2.75) is 46.5 Å². The van der Waals surface area contributed by atoms with Crippen LogP contribution in [0.5, 0.6) is 5.75 Å². The maximum atomic E-state index is 10.1. The molecular weight excluding hydrogens is 292 g/mol. The molecule has 0 fully saturated rings. The Kier molecular flexibility index (Phi) is 5.20. The van der Waals surface area contributed by atoms with Crippen LogP contribution in [-0.4, -0.2) is 5.11 Å². The Bertz CT molecular complexity index is 811. The van der Waals surface area contributed by atoms with Crippen molar-refractivity contribution in [1.29, 1.82) is 0 Å². The Morgan fingerprint density at radius 2 is 1.75 bits per heavy atom. The minimum atomic E-state index is 0.128. The normalized spacial score (nSPS) is 12.5. The van der Waals surface area contributed by atoms with Crippen molar-refractivity contribution < 1.29 is 5.11 Å². The van der Waals surface area contributed by atoms with E-state index in [-0.39, 0.29) is 11.2 Å². The molecule has 0 amide bonds. The van der Waals surface area contributed by atoms with Crippen LogP contribution in [0.1, 0.15) is 56.9 Å². The molecule has 0 aromatic heterocycles. The molecule has 0 unspecified atom stereocenters. The quantitative estimate of drug-likeness (QED) is 0.719. The molecule has 0 saturated carbocycles. The highest BCUT2D eigenvalue weighted by molar-refractivity contribution is 5.71. The minimum Gasteiger partial charge on any atom is -0.508 e. The molecule has 1 nitrogen and oxygen atoms in total. The van der Waals surface area contributed by atoms with Gasteiger partial charge in [-0.1, -0.05) is 57.0 Å². The third-order valence-electron chi connectivity index (χ3n) is 4.39. The first-order chi connectivity index (χ1) is 11.2. The maximum absolute atomic E-state index is 10.1. The van der Waals surface area contributed by atoms with E-state index in [4.69, 9.17) is 6.42 Å². The molecule has 24 heavy (non-hydrogen) atoms. The number of phenolic OH excluding ortho intramolecular Hbond substituents is 1. The average molecular weight is 318 g/mol. The van der Waals surface area contributed by atoms with E-state index in [1.54, 1.807) is 6.07 Å². The second kappa shape index (κ2) is 6.97. The highest BCUT2D eigenvalue weighted by atomic mass is 16.3. The standard InChI is InChI=1S/C23H26O/c1-7-16(2)17(3)20-12-19(14-22(24)15-20)11-18-9-8-10-21(13-18)23(4,5)6/h1,8-10,12-15,24H,11H2,2-6H3/b17-16-. The zero-order valence-electron chi connectivity index (χ0n) is 15.3. The van der Waals surface area contributed by atoms with Gasteiger partial charge in [-0.25, -0.2) is 0 Å². The smallest absolute Gasteiger partial charge is 0.116 e. The van der Waals surface area contributed by atoms with E-state index >= 15 is 0 Å². The van der Waals surface area contributed by atoms with Crippen LogP contribution >= 0.6 is 0 Å². The summed E-state index contributed by atoms with van der Waals surface area (Å²) >= 11 is 0. The number of rotatable bonds is 3. The van der Waals surface area contributed by atoms with E-state index in [2.05, 4.69) is 57.0 Å². The second-order valence-electron chi connectivity index (χ2n) is 7.41. The Morgan fingerprint density at radius 3 is 2.38 bits per heavy atom. The van der Waals surface area contributed by atoms with Crippen molar-refractivity contribution in [3.05, 3.63) is 70.3 Å². The Hall–Kier alpha value is -2.46. The summed E-state index contributed by atoms with van der Waals surface area (Å²) in [4.78, 5) is 0. The Labute approximate surface area is 146 Å². The largest absolute Gasteiger partial charge is 0.508 e. The summed E-state index contributed by atoms with van der Waals surface area (Å²) in [6.07, 6.45) is 6.28. The van der Waals surface area contributed by atoms with Gasteiger partial charge in [-0.2, -0.15) is 0 Å². The van der Waals surface area contributed by atoms with Crippen LogP contribution in [0.4, 0.5) is 0 Å². The van der Waals surface area contributed by atoms with Crippen LogP contribution in [0.2, 0.25) is 0 Å². The van der Waals surface area contributed by atoms with Gasteiger partial charge in [0.25, 0.3) is 0 Å². The van der Waals surface area contributed by atoms with Crippen molar-refractivity contribution in [2.75, 3.05) is 0 Å². The number of phenols is 1. The van der Waals surface area contributed by atoms with Crippen LogP contribution in [0.15, 0.2) is 48.0 Å². The van der Waals surface area contributed by atoms with Gasteiger partial charge in [0.15, 0.2) is 0 Å². The predicted octanol–water partition coefficient (Wildman–Crippen LogP) is 5.71. The van der Waals surface area contributed by atoms with Gasteiger partial charge in [0.1, 0.15) is 5.75 Å². The van der Waals surface area contributed by atoms with Crippen molar-refractivity contribution in [2.24, 2.45) is 0 Å². The first-order valence-corrected chi connectivity index (χ1v) is 8.27. The molecule has 2 aromatic carbocycles. The molecule has 0 atom stereocenters. The monoisotopic (exact) mass is 318 g/mol. The summed E-state index contributed by atoms with van der Waals surface area (Å²) in [7, 11) is 0. The molecule has 0 radical (unpaired) electrons. The molecule has 0 aliphatic carbocycles. The topological polar surface area (TPSA) is 20.2 Å². The van der Waals surface area contributed by atoms with Gasteiger partial charge in [0.2, 0.25) is 0 Å². The second-order valence-corrected chi connectivity index (χ2v) is 7.41. The van der Waals surface area contributed by atoms with Crippen molar-refractivity contribution in [1.82, 2.24) is 0 Å². The van der Waals surface area contributed by atoms with Gasteiger partial charge < -0.3 is 5.11 Å². The minimum absolute atomic E-state index is 0.128. The highest BCUT2D eigenvalue weighted by Gasteiger charge is 2.14. The van der Waals surface area contributed by atoms with Gasteiger partial charge in [-0.05, 0) is 65.6 Å². The third-order valence-corrected chi connectivity index (χ3v) is 4.39. The molecule has 2 rings (SSSR count). The summed E-state index contributed by atoms with van der Waals surface area (Å²) in [6.45, 7) is 10.6. The Balaban J connectivity index is 2.38. The fourth-order valence-electron chi connectivity index (χ4n) is 2.70. The van der Waals surface area contributed by atoms with E-state index < -0.39 is 0 Å². The van der Waals surface area contributed by atoms with Gasteiger partial charge in [0, 0.05) is 5.57 Å². The number of benzene rings is 2. The lowest BCUT2D eigenvalue weighted by molar-refractivity contribution is 0.474. The summed E-state index contributed by atoms with van der Waals surface area (Å²) < 4.78 is 0. The molecule has 1 heteroatoms. The van der Waals surface area contributed by atoms with E-state index in [1.807, 2.05) is 19.9 Å². The first kappa shape index (κ1) is 17.9. The van der Waals surface area contributed by atoms with Crippen molar-refractivity contribution >= 4 is 5.57 Å². The molecule has 0 bridgehead atoms. The molecule has 1 N–H and O–H groups in total. The average Bonchev–Trinajstić information content (AvgIpc) is 2.52. The molecular formula is C23H26O. The fourth-order valence-corrected chi connectivity index (χ4v) is 2.70. The molecule has 0 heterocycles. The Morgan fingerprint density at radius 1 is 1.04 bits per heavy atom.